The Morgan fingerprint density at radius 2 is 1.90 bits per heavy atom. The maximum atomic E-state index is 3.67. The Kier molecular flexibility index (Phi) is 4.16. The van der Waals surface area contributed by atoms with E-state index in [0.29, 0.717) is 10.8 Å². The van der Waals surface area contributed by atoms with Crippen LogP contribution in [0.4, 0.5) is 0 Å². The normalized spacial score (nSPS) is 42.8. The quantitative estimate of drug-likeness (QED) is 0.787. The van der Waals surface area contributed by atoms with Crippen molar-refractivity contribution >= 4 is 0 Å². The predicted molar refractivity (Wildman–Crippen MR) is 85.9 cm³/mol. The van der Waals surface area contributed by atoms with Gasteiger partial charge in [-0.2, -0.15) is 0 Å². The number of hydrogen-bond acceptors (Lipinski definition) is 2. The molecule has 0 aromatic heterocycles. The van der Waals surface area contributed by atoms with Crippen molar-refractivity contribution in [3.63, 3.8) is 0 Å². The van der Waals surface area contributed by atoms with Crippen molar-refractivity contribution in [2.24, 2.45) is 16.7 Å². The molecule has 3 rings (SSSR count). The molecule has 1 aliphatic carbocycles. The Hall–Kier alpha value is -0.0800. The monoisotopic (exact) mass is 278 g/mol. The van der Waals surface area contributed by atoms with E-state index in [1.165, 1.54) is 71.1 Å². The molecule has 3 fully saturated rings. The van der Waals surface area contributed by atoms with Gasteiger partial charge in [-0.05, 0) is 74.8 Å². The highest BCUT2D eigenvalue weighted by Crippen LogP contribution is 2.43. The molecular formula is C18H34N2. The summed E-state index contributed by atoms with van der Waals surface area (Å²) in [5.74, 6) is 0.908. The summed E-state index contributed by atoms with van der Waals surface area (Å²) < 4.78 is 0. The summed E-state index contributed by atoms with van der Waals surface area (Å²) in [6, 6.07) is 0.854. The molecule has 0 aromatic rings. The minimum absolute atomic E-state index is 0.553. The van der Waals surface area contributed by atoms with Crippen molar-refractivity contribution in [1.82, 2.24) is 10.2 Å². The van der Waals surface area contributed by atoms with E-state index < -0.39 is 0 Å². The number of hydrogen-bond donors (Lipinski definition) is 1. The van der Waals surface area contributed by atoms with Crippen LogP contribution < -0.4 is 5.32 Å². The van der Waals surface area contributed by atoms with Crippen molar-refractivity contribution in [3.8, 4) is 0 Å². The summed E-state index contributed by atoms with van der Waals surface area (Å²) in [5, 5.41) is 3.67. The molecule has 2 heterocycles. The van der Waals surface area contributed by atoms with Crippen LogP contribution in [0.3, 0.4) is 0 Å². The van der Waals surface area contributed by atoms with Gasteiger partial charge in [-0.15, -0.1) is 0 Å². The summed E-state index contributed by atoms with van der Waals surface area (Å²) >= 11 is 0. The lowest BCUT2D eigenvalue weighted by molar-refractivity contribution is -0.00268. The van der Waals surface area contributed by atoms with Crippen LogP contribution in [-0.4, -0.2) is 37.1 Å². The Morgan fingerprint density at radius 1 is 1.10 bits per heavy atom. The molecule has 0 radical (unpaired) electrons. The lowest BCUT2D eigenvalue weighted by Gasteiger charge is -2.51. The standard InChI is InChI=1S/C18H34N2/c1-15-10-16(12-17(2,3)11-15)20-9-5-7-18(14-20)6-4-8-19-13-18/h15-16,19H,4-14H2,1-3H3. The fourth-order valence-corrected chi connectivity index (χ4v) is 5.51. The molecule has 2 nitrogen and oxygen atoms in total. The largest absolute Gasteiger partial charge is 0.316 e. The minimum atomic E-state index is 0.553. The van der Waals surface area contributed by atoms with Gasteiger partial charge in [0.05, 0.1) is 0 Å². The zero-order valence-electron chi connectivity index (χ0n) is 13.9. The molecular weight excluding hydrogens is 244 g/mol. The van der Waals surface area contributed by atoms with E-state index in [1.54, 1.807) is 0 Å². The van der Waals surface area contributed by atoms with Gasteiger partial charge in [-0.1, -0.05) is 20.8 Å². The van der Waals surface area contributed by atoms with Crippen molar-refractivity contribution in [3.05, 3.63) is 0 Å². The second-order valence-electron chi connectivity index (χ2n) is 8.92. The third-order valence-corrected chi connectivity index (χ3v) is 6.13. The van der Waals surface area contributed by atoms with E-state index in [2.05, 4.69) is 31.0 Å². The van der Waals surface area contributed by atoms with Gasteiger partial charge < -0.3 is 5.32 Å². The molecule has 2 heteroatoms. The van der Waals surface area contributed by atoms with Crippen molar-refractivity contribution < 1.29 is 0 Å². The molecule has 0 aromatic carbocycles. The number of nitrogens with zero attached hydrogens (tertiary/aromatic N) is 1. The Morgan fingerprint density at radius 3 is 2.60 bits per heavy atom. The summed E-state index contributed by atoms with van der Waals surface area (Å²) in [6.07, 6.45) is 10.0. The van der Waals surface area contributed by atoms with Crippen LogP contribution in [0.1, 0.15) is 65.7 Å². The average Bonchev–Trinajstić information content (AvgIpc) is 2.37. The van der Waals surface area contributed by atoms with Gasteiger partial charge in [0.15, 0.2) is 0 Å². The number of piperidine rings is 2. The zero-order valence-corrected chi connectivity index (χ0v) is 13.9. The van der Waals surface area contributed by atoms with Gasteiger partial charge in [0.1, 0.15) is 0 Å². The molecule has 1 N–H and O–H groups in total. The number of likely N-dealkylation sites (tertiary alicyclic amines) is 1. The van der Waals surface area contributed by atoms with E-state index >= 15 is 0 Å². The number of nitrogens with one attached hydrogen (secondary N) is 1. The summed E-state index contributed by atoms with van der Waals surface area (Å²) in [7, 11) is 0. The molecule has 2 aliphatic heterocycles. The van der Waals surface area contributed by atoms with Gasteiger partial charge in [-0.25, -0.2) is 0 Å². The van der Waals surface area contributed by atoms with Gasteiger partial charge >= 0.3 is 0 Å². The van der Waals surface area contributed by atoms with Gasteiger partial charge in [0.25, 0.3) is 0 Å². The highest BCUT2D eigenvalue weighted by molar-refractivity contribution is 4.96. The molecule has 116 valence electrons. The average molecular weight is 278 g/mol. The van der Waals surface area contributed by atoms with Crippen molar-refractivity contribution in [1.29, 1.82) is 0 Å². The fraction of sp³-hybridized carbons (Fsp3) is 1.00. The first-order valence-electron chi connectivity index (χ1n) is 8.93. The van der Waals surface area contributed by atoms with Crippen LogP contribution in [0.15, 0.2) is 0 Å². The molecule has 0 amide bonds. The van der Waals surface area contributed by atoms with Crippen LogP contribution in [0.25, 0.3) is 0 Å². The molecule has 3 unspecified atom stereocenters. The third-order valence-electron chi connectivity index (χ3n) is 6.13. The van der Waals surface area contributed by atoms with Crippen molar-refractivity contribution in [2.45, 2.75) is 71.8 Å². The van der Waals surface area contributed by atoms with Crippen LogP contribution in [0.5, 0.6) is 0 Å². The first-order chi connectivity index (χ1) is 9.48. The van der Waals surface area contributed by atoms with Crippen molar-refractivity contribution in [2.75, 3.05) is 26.2 Å². The molecule has 0 bridgehead atoms. The minimum Gasteiger partial charge on any atom is -0.316 e. The maximum Gasteiger partial charge on any atom is 0.0103 e. The second-order valence-corrected chi connectivity index (χ2v) is 8.92. The van der Waals surface area contributed by atoms with Crippen LogP contribution in [0, 0.1) is 16.7 Å². The Labute approximate surface area is 125 Å². The molecule has 1 spiro atoms. The molecule has 1 saturated carbocycles. The summed E-state index contributed by atoms with van der Waals surface area (Å²) in [5.41, 5.74) is 1.17. The van der Waals surface area contributed by atoms with E-state index in [0.717, 1.165) is 12.0 Å². The molecule has 20 heavy (non-hydrogen) atoms. The lowest BCUT2D eigenvalue weighted by Crippen LogP contribution is -2.55. The first-order valence-corrected chi connectivity index (χ1v) is 8.93. The second kappa shape index (κ2) is 5.61. The Balaban J connectivity index is 1.67. The third kappa shape index (κ3) is 3.22. The topological polar surface area (TPSA) is 15.3 Å². The summed E-state index contributed by atoms with van der Waals surface area (Å²) in [6.45, 7) is 12.7. The first kappa shape index (κ1) is 14.8. The predicted octanol–water partition coefficient (Wildman–Crippen LogP) is 3.67. The zero-order chi connectivity index (χ0) is 14.2. The summed E-state index contributed by atoms with van der Waals surface area (Å²) in [4.78, 5) is 2.88. The maximum absolute atomic E-state index is 3.67. The number of rotatable bonds is 1. The van der Waals surface area contributed by atoms with E-state index in [1.807, 2.05) is 0 Å². The Bertz CT molecular complexity index is 325. The molecule has 3 atom stereocenters. The van der Waals surface area contributed by atoms with E-state index in [4.69, 9.17) is 0 Å². The van der Waals surface area contributed by atoms with Crippen LogP contribution in [-0.2, 0) is 0 Å². The van der Waals surface area contributed by atoms with Crippen LogP contribution in [0.2, 0.25) is 0 Å². The van der Waals surface area contributed by atoms with Gasteiger partial charge in [0, 0.05) is 19.1 Å². The SMILES string of the molecule is CC1CC(N2CCCC3(CCCNC3)C2)CC(C)(C)C1. The smallest absolute Gasteiger partial charge is 0.0103 e. The molecule has 3 aliphatic rings. The van der Waals surface area contributed by atoms with Gasteiger partial charge in [-0.3, -0.25) is 4.90 Å². The highest BCUT2D eigenvalue weighted by Gasteiger charge is 2.41. The van der Waals surface area contributed by atoms with E-state index in [-0.39, 0.29) is 0 Å². The highest BCUT2D eigenvalue weighted by atomic mass is 15.2. The van der Waals surface area contributed by atoms with Crippen LogP contribution >= 0.6 is 0 Å². The fourth-order valence-electron chi connectivity index (χ4n) is 5.51. The van der Waals surface area contributed by atoms with Gasteiger partial charge in [0.2, 0.25) is 0 Å². The van der Waals surface area contributed by atoms with E-state index in [9.17, 15) is 0 Å². The molecule has 2 saturated heterocycles. The lowest BCUT2D eigenvalue weighted by atomic mass is 9.68.